The summed E-state index contributed by atoms with van der Waals surface area (Å²) in [4.78, 5) is 16.6. The average molecular weight is 311 g/mol. The van der Waals surface area contributed by atoms with Crippen LogP contribution >= 0.6 is 0 Å². The Morgan fingerprint density at radius 1 is 1.14 bits per heavy atom. The maximum Gasteiger partial charge on any atom is 0.323 e. The molecule has 2 N–H and O–H groups in total. The van der Waals surface area contributed by atoms with Gasteiger partial charge in [-0.1, -0.05) is 0 Å². The molecule has 0 spiro atoms. The number of ether oxygens (including phenoxy) is 1. The molecule has 1 aromatic heterocycles. The number of aromatic amines is 2. The molecule has 2 atom stereocenters. The number of fused-ring (bicyclic) bond motifs is 1. The number of imidazole rings is 1. The fourth-order valence-electron chi connectivity index (χ4n) is 2.76. The third-order valence-electron chi connectivity index (χ3n) is 3.65. The minimum Gasteiger partial charge on any atom is -0.378 e. The van der Waals surface area contributed by atoms with Gasteiger partial charge in [-0.15, -0.1) is 0 Å². The van der Waals surface area contributed by atoms with Crippen LogP contribution in [0.1, 0.15) is 13.8 Å². The van der Waals surface area contributed by atoms with Crippen molar-refractivity contribution in [1.29, 1.82) is 0 Å². The Balaban J connectivity index is 2.08. The van der Waals surface area contributed by atoms with E-state index < -0.39 is 10.0 Å². The Bertz CT molecular complexity index is 813. The lowest BCUT2D eigenvalue weighted by atomic mass is 10.2. The number of hydrogen-bond acceptors (Lipinski definition) is 4. The highest BCUT2D eigenvalue weighted by Crippen LogP contribution is 2.25. The minimum absolute atomic E-state index is 0.172. The zero-order valence-electron chi connectivity index (χ0n) is 11.8. The highest BCUT2D eigenvalue weighted by molar-refractivity contribution is 7.89. The van der Waals surface area contributed by atoms with Crippen LogP contribution in [0.4, 0.5) is 0 Å². The lowest BCUT2D eigenvalue weighted by Crippen LogP contribution is -2.52. The van der Waals surface area contributed by atoms with Gasteiger partial charge in [-0.3, -0.25) is 0 Å². The summed E-state index contributed by atoms with van der Waals surface area (Å²) in [5, 5.41) is 0. The van der Waals surface area contributed by atoms with Crippen LogP contribution in [-0.2, 0) is 14.8 Å². The number of morpholine rings is 1. The first-order valence-electron chi connectivity index (χ1n) is 6.73. The summed E-state index contributed by atoms with van der Waals surface area (Å²) in [6, 6.07) is 4.14. The first kappa shape index (κ1) is 14.3. The van der Waals surface area contributed by atoms with Gasteiger partial charge in [0.15, 0.2) is 0 Å². The van der Waals surface area contributed by atoms with Gasteiger partial charge in [-0.05, 0) is 32.0 Å². The lowest BCUT2D eigenvalue weighted by Gasteiger charge is -2.37. The van der Waals surface area contributed by atoms with Gasteiger partial charge in [-0.2, -0.15) is 4.31 Å². The van der Waals surface area contributed by atoms with Gasteiger partial charge in [0.2, 0.25) is 10.0 Å². The zero-order valence-corrected chi connectivity index (χ0v) is 12.6. The molecular weight excluding hydrogens is 294 g/mol. The highest BCUT2D eigenvalue weighted by atomic mass is 32.2. The van der Waals surface area contributed by atoms with E-state index in [1.165, 1.54) is 16.4 Å². The van der Waals surface area contributed by atoms with Crippen LogP contribution in [0.2, 0.25) is 0 Å². The van der Waals surface area contributed by atoms with Crippen molar-refractivity contribution in [3.05, 3.63) is 28.7 Å². The van der Waals surface area contributed by atoms with Crippen molar-refractivity contribution in [2.75, 3.05) is 13.2 Å². The molecule has 1 saturated heterocycles. The molecule has 0 amide bonds. The molecule has 21 heavy (non-hydrogen) atoms. The summed E-state index contributed by atoms with van der Waals surface area (Å²) in [6.07, 6.45) is 0. The number of nitrogens with zero attached hydrogens (tertiary/aromatic N) is 1. The van der Waals surface area contributed by atoms with Crippen molar-refractivity contribution < 1.29 is 13.2 Å². The summed E-state index contributed by atoms with van der Waals surface area (Å²) in [6.45, 7) is 4.41. The Kier molecular flexibility index (Phi) is 3.39. The van der Waals surface area contributed by atoms with Gasteiger partial charge in [0.25, 0.3) is 0 Å². The number of hydrogen-bond donors (Lipinski definition) is 2. The Morgan fingerprint density at radius 2 is 1.76 bits per heavy atom. The van der Waals surface area contributed by atoms with E-state index >= 15 is 0 Å². The molecule has 2 aromatic rings. The van der Waals surface area contributed by atoms with E-state index in [9.17, 15) is 13.2 Å². The van der Waals surface area contributed by atoms with Crippen molar-refractivity contribution in [2.45, 2.75) is 30.8 Å². The molecule has 1 aliphatic heterocycles. The van der Waals surface area contributed by atoms with Gasteiger partial charge < -0.3 is 14.7 Å². The van der Waals surface area contributed by atoms with Crippen LogP contribution in [-0.4, -0.2) is 48.0 Å². The summed E-state index contributed by atoms with van der Waals surface area (Å²) in [5.41, 5.74) is 0.712. The van der Waals surface area contributed by atoms with Crippen molar-refractivity contribution in [2.24, 2.45) is 0 Å². The summed E-state index contributed by atoms with van der Waals surface area (Å²) >= 11 is 0. The first-order valence-corrected chi connectivity index (χ1v) is 8.17. The predicted octanol–water partition coefficient (Wildman–Crippen LogP) is 0.654. The molecule has 3 rings (SSSR count). The van der Waals surface area contributed by atoms with Gasteiger partial charge in [-0.25, -0.2) is 13.2 Å². The van der Waals surface area contributed by atoms with E-state index in [1.54, 1.807) is 6.07 Å². The van der Waals surface area contributed by atoms with Crippen LogP contribution in [0.25, 0.3) is 11.0 Å². The Labute approximate surface area is 122 Å². The molecular formula is C13H17N3O4S. The van der Waals surface area contributed by atoms with Crippen molar-refractivity contribution >= 4 is 21.1 Å². The standard InChI is InChI=1S/C13H17N3O4S/c1-8-6-20-7-9(2)16(8)21(18,19)10-3-4-11-12(5-10)15-13(17)14-11/h3-5,8-9H,6-7H2,1-2H3,(H2,14,15,17). The monoisotopic (exact) mass is 311 g/mol. The van der Waals surface area contributed by atoms with Crippen LogP contribution in [0.15, 0.2) is 27.9 Å². The van der Waals surface area contributed by atoms with Crippen molar-refractivity contribution in [3.8, 4) is 0 Å². The highest BCUT2D eigenvalue weighted by Gasteiger charge is 2.36. The number of nitrogens with one attached hydrogen (secondary N) is 2. The number of H-pyrrole nitrogens is 2. The van der Waals surface area contributed by atoms with E-state index in [-0.39, 0.29) is 22.7 Å². The quantitative estimate of drug-likeness (QED) is 0.851. The van der Waals surface area contributed by atoms with Gasteiger partial charge in [0.05, 0.1) is 29.1 Å². The second-order valence-corrected chi connectivity index (χ2v) is 7.20. The molecule has 2 heterocycles. The van der Waals surface area contributed by atoms with Gasteiger partial charge in [0.1, 0.15) is 0 Å². The molecule has 0 bridgehead atoms. The average Bonchev–Trinajstić information content (AvgIpc) is 2.77. The largest absolute Gasteiger partial charge is 0.378 e. The Morgan fingerprint density at radius 3 is 2.43 bits per heavy atom. The van der Waals surface area contributed by atoms with E-state index in [2.05, 4.69) is 9.97 Å². The third-order valence-corrected chi connectivity index (χ3v) is 5.77. The minimum atomic E-state index is -3.63. The number of rotatable bonds is 2. The maximum atomic E-state index is 12.8. The van der Waals surface area contributed by atoms with Gasteiger partial charge >= 0.3 is 5.69 Å². The van der Waals surface area contributed by atoms with Crippen LogP contribution in [0, 0.1) is 0 Å². The lowest BCUT2D eigenvalue weighted by molar-refractivity contribution is 0.00636. The molecule has 1 aromatic carbocycles. The number of sulfonamides is 1. The molecule has 2 unspecified atom stereocenters. The first-order chi connectivity index (χ1) is 9.89. The topological polar surface area (TPSA) is 95.3 Å². The number of aromatic nitrogens is 2. The second kappa shape index (κ2) is 4.97. The van der Waals surface area contributed by atoms with Crippen LogP contribution in [0.5, 0.6) is 0 Å². The van der Waals surface area contributed by atoms with Gasteiger partial charge in [0, 0.05) is 12.1 Å². The molecule has 8 heteroatoms. The smallest absolute Gasteiger partial charge is 0.323 e. The molecule has 1 fully saturated rings. The molecule has 0 aliphatic carbocycles. The fraction of sp³-hybridized carbons (Fsp3) is 0.462. The van der Waals surface area contributed by atoms with Crippen molar-refractivity contribution in [3.63, 3.8) is 0 Å². The molecule has 114 valence electrons. The number of benzene rings is 1. The summed E-state index contributed by atoms with van der Waals surface area (Å²) in [5.74, 6) is 0. The van der Waals surface area contributed by atoms with Crippen LogP contribution in [0.3, 0.4) is 0 Å². The third kappa shape index (κ3) is 2.39. The summed E-state index contributed by atoms with van der Waals surface area (Å²) in [7, 11) is -3.63. The Hall–Kier alpha value is -1.64. The van der Waals surface area contributed by atoms with E-state index in [1.807, 2.05) is 13.8 Å². The normalized spacial score (nSPS) is 24.5. The van der Waals surface area contributed by atoms with E-state index in [0.717, 1.165) is 0 Å². The molecule has 0 radical (unpaired) electrons. The SMILES string of the molecule is CC1COCC(C)N1S(=O)(=O)c1ccc2[nH]c(=O)[nH]c2c1. The maximum absolute atomic E-state index is 12.8. The predicted molar refractivity (Wildman–Crippen MR) is 77.7 cm³/mol. The zero-order chi connectivity index (χ0) is 15.2. The van der Waals surface area contributed by atoms with E-state index in [0.29, 0.717) is 24.2 Å². The fourth-order valence-corrected chi connectivity index (χ4v) is 4.58. The molecule has 7 nitrogen and oxygen atoms in total. The molecule has 0 saturated carbocycles. The van der Waals surface area contributed by atoms with Crippen LogP contribution < -0.4 is 5.69 Å². The summed E-state index contributed by atoms with van der Waals surface area (Å²) < 4.78 is 32.5. The molecule has 1 aliphatic rings. The van der Waals surface area contributed by atoms with E-state index in [4.69, 9.17) is 4.74 Å². The van der Waals surface area contributed by atoms with Crippen molar-refractivity contribution in [1.82, 2.24) is 14.3 Å². The second-order valence-electron chi connectivity index (χ2n) is 5.36.